The fourth-order valence-electron chi connectivity index (χ4n) is 2.87. The summed E-state index contributed by atoms with van der Waals surface area (Å²) in [6, 6.07) is 3.92. The van der Waals surface area contributed by atoms with Gasteiger partial charge >= 0.3 is 0 Å². The molecular formula is C16H22F2N2O. The summed E-state index contributed by atoms with van der Waals surface area (Å²) in [5, 5.41) is 3.11. The van der Waals surface area contributed by atoms with Gasteiger partial charge in [0.1, 0.15) is 0 Å². The van der Waals surface area contributed by atoms with Gasteiger partial charge in [-0.05, 0) is 57.0 Å². The van der Waals surface area contributed by atoms with Crippen molar-refractivity contribution in [2.45, 2.75) is 38.1 Å². The summed E-state index contributed by atoms with van der Waals surface area (Å²) in [5.41, 5.74) is 0.525. The summed E-state index contributed by atoms with van der Waals surface area (Å²) < 4.78 is 26.1. The average Bonchev–Trinajstić information content (AvgIpc) is 2.49. The number of likely N-dealkylation sites (tertiary alicyclic amines) is 1. The summed E-state index contributed by atoms with van der Waals surface area (Å²) >= 11 is 0. The van der Waals surface area contributed by atoms with Crippen LogP contribution in [0.2, 0.25) is 0 Å². The Kier molecular flexibility index (Phi) is 5.67. The fourth-order valence-corrected chi connectivity index (χ4v) is 2.87. The van der Waals surface area contributed by atoms with Crippen molar-refractivity contribution in [1.82, 2.24) is 10.2 Å². The maximum atomic E-state index is 13.2. The van der Waals surface area contributed by atoms with Gasteiger partial charge in [0, 0.05) is 12.6 Å². The molecule has 0 spiro atoms. The van der Waals surface area contributed by atoms with Crippen LogP contribution in [-0.2, 0) is 11.2 Å². The van der Waals surface area contributed by atoms with Gasteiger partial charge in [0.25, 0.3) is 0 Å². The Bertz CT molecular complexity index is 493. The molecule has 1 aromatic carbocycles. The molecule has 0 aliphatic carbocycles. The summed E-state index contributed by atoms with van der Waals surface area (Å²) in [6.45, 7) is 1.64. The molecule has 1 aliphatic rings. The highest BCUT2D eigenvalue weighted by atomic mass is 19.2. The molecule has 1 aromatic rings. The molecule has 0 saturated carbocycles. The van der Waals surface area contributed by atoms with E-state index in [-0.39, 0.29) is 18.4 Å². The van der Waals surface area contributed by atoms with Crippen molar-refractivity contribution in [3.8, 4) is 0 Å². The molecule has 0 bridgehead atoms. The van der Waals surface area contributed by atoms with Crippen LogP contribution in [0.3, 0.4) is 0 Å². The Morgan fingerprint density at radius 2 is 2.14 bits per heavy atom. The molecule has 1 fully saturated rings. The SMILES string of the molecule is CNCCC1CCCCN1C(=O)Cc1ccc(F)c(F)c1. The molecule has 0 radical (unpaired) electrons. The average molecular weight is 296 g/mol. The number of carbonyl (C=O) groups excluding carboxylic acids is 1. The number of piperidine rings is 1. The van der Waals surface area contributed by atoms with Crippen LogP contribution in [0.1, 0.15) is 31.2 Å². The summed E-state index contributed by atoms with van der Waals surface area (Å²) in [6.07, 6.45) is 4.24. The second-order valence-electron chi connectivity index (χ2n) is 5.55. The second-order valence-corrected chi connectivity index (χ2v) is 5.55. The van der Waals surface area contributed by atoms with Crippen LogP contribution in [0, 0.1) is 11.6 Å². The van der Waals surface area contributed by atoms with Crippen LogP contribution in [-0.4, -0.2) is 37.0 Å². The van der Waals surface area contributed by atoms with E-state index in [1.54, 1.807) is 0 Å². The number of nitrogens with one attached hydrogen (secondary N) is 1. The van der Waals surface area contributed by atoms with E-state index in [0.29, 0.717) is 5.56 Å². The smallest absolute Gasteiger partial charge is 0.227 e. The molecule has 1 aliphatic heterocycles. The quantitative estimate of drug-likeness (QED) is 0.905. The first-order valence-corrected chi connectivity index (χ1v) is 7.50. The van der Waals surface area contributed by atoms with E-state index < -0.39 is 11.6 Å². The predicted octanol–water partition coefficient (Wildman–Crippen LogP) is 2.50. The van der Waals surface area contributed by atoms with Gasteiger partial charge in [0.2, 0.25) is 5.91 Å². The molecule has 1 N–H and O–H groups in total. The van der Waals surface area contributed by atoms with E-state index in [1.807, 2.05) is 11.9 Å². The van der Waals surface area contributed by atoms with Crippen LogP contribution in [0.25, 0.3) is 0 Å². The van der Waals surface area contributed by atoms with Crippen LogP contribution in [0.4, 0.5) is 8.78 Å². The molecule has 21 heavy (non-hydrogen) atoms. The Labute approximate surface area is 124 Å². The number of hydrogen-bond donors (Lipinski definition) is 1. The lowest BCUT2D eigenvalue weighted by Crippen LogP contribution is -2.45. The van der Waals surface area contributed by atoms with Crippen molar-refractivity contribution in [3.63, 3.8) is 0 Å². The van der Waals surface area contributed by atoms with Crippen molar-refractivity contribution < 1.29 is 13.6 Å². The Hall–Kier alpha value is -1.49. The van der Waals surface area contributed by atoms with Crippen molar-refractivity contribution in [2.75, 3.05) is 20.1 Å². The van der Waals surface area contributed by atoms with Gasteiger partial charge in [-0.15, -0.1) is 0 Å². The van der Waals surface area contributed by atoms with E-state index in [4.69, 9.17) is 0 Å². The Morgan fingerprint density at radius 1 is 1.33 bits per heavy atom. The van der Waals surface area contributed by atoms with Gasteiger partial charge in [-0.25, -0.2) is 8.78 Å². The van der Waals surface area contributed by atoms with Crippen molar-refractivity contribution in [3.05, 3.63) is 35.4 Å². The summed E-state index contributed by atoms with van der Waals surface area (Å²) in [7, 11) is 1.90. The first-order chi connectivity index (χ1) is 10.1. The molecule has 1 unspecified atom stereocenters. The highest BCUT2D eigenvalue weighted by Crippen LogP contribution is 2.21. The normalized spacial score (nSPS) is 18.8. The van der Waals surface area contributed by atoms with E-state index in [2.05, 4.69) is 5.32 Å². The van der Waals surface area contributed by atoms with Gasteiger partial charge in [-0.2, -0.15) is 0 Å². The molecule has 1 saturated heterocycles. The number of amides is 1. The molecule has 1 heterocycles. The maximum absolute atomic E-state index is 13.2. The van der Waals surface area contributed by atoms with Gasteiger partial charge in [-0.3, -0.25) is 4.79 Å². The molecule has 0 aromatic heterocycles. The highest BCUT2D eigenvalue weighted by Gasteiger charge is 2.26. The van der Waals surface area contributed by atoms with Gasteiger partial charge in [0.05, 0.1) is 6.42 Å². The minimum atomic E-state index is -0.898. The lowest BCUT2D eigenvalue weighted by Gasteiger charge is -2.36. The molecule has 1 amide bonds. The number of rotatable bonds is 5. The van der Waals surface area contributed by atoms with Crippen LogP contribution in [0.5, 0.6) is 0 Å². The fraction of sp³-hybridized carbons (Fsp3) is 0.562. The molecule has 1 atom stereocenters. The largest absolute Gasteiger partial charge is 0.339 e. The minimum absolute atomic E-state index is 0.00168. The van der Waals surface area contributed by atoms with Gasteiger partial charge in [0.15, 0.2) is 11.6 Å². The van der Waals surface area contributed by atoms with E-state index in [1.165, 1.54) is 6.07 Å². The zero-order valence-corrected chi connectivity index (χ0v) is 12.4. The zero-order chi connectivity index (χ0) is 15.2. The van der Waals surface area contributed by atoms with E-state index in [9.17, 15) is 13.6 Å². The second kappa shape index (κ2) is 7.50. The molecule has 5 heteroatoms. The molecule has 3 nitrogen and oxygen atoms in total. The lowest BCUT2D eigenvalue weighted by atomic mass is 9.98. The minimum Gasteiger partial charge on any atom is -0.339 e. The predicted molar refractivity (Wildman–Crippen MR) is 78.0 cm³/mol. The number of nitrogens with zero attached hydrogens (tertiary/aromatic N) is 1. The first kappa shape index (κ1) is 15.9. The number of carbonyl (C=O) groups is 1. The van der Waals surface area contributed by atoms with Crippen LogP contribution >= 0.6 is 0 Å². The monoisotopic (exact) mass is 296 g/mol. The van der Waals surface area contributed by atoms with Crippen molar-refractivity contribution >= 4 is 5.91 Å². The summed E-state index contributed by atoms with van der Waals surface area (Å²) in [4.78, 5) is 14.3. The third-order valence-electron chi connectivity index (χ3n) is 4.01. The Morgan fingerprint density at radius 3 is 2.86 bits per heavy atom. The topological polar surface area (TPSA) is 32.3 Å². The molecular weight excluding hydrogens is 274 g/mol. The van der Waals surface area contributed by atoms with Gasteiger partial charge in [-0.1, -0.05) is 6.07 Å². The van der Waals surface area contributed by atoms with Crippen LogP contribution < -0.4 is 5.32 Å². The molecule has 2 rings (SSSR count). The zero-order valence-electron chi connectivity index (χ0n) is 12.4. The van der Waals surface area contributed by atoms with Crippen molar-refractivity contribution in [2.24, 2.45) is 0 Å². The third kappa shape index (κ3) is 4.24. The standard InChI is InChI=1S/C16H22F2N2O/c1-19-8-7-13-4-2-3-9-20(13)16(21)11-12-5-6-14(17)15(18)10-12/h5-6,10,13,19H,2-4,7-9,11H2,1H3. The van der Waals surface area contributed by atoms with E-state index >= 15 is 0 Å². The number of benzene rings is 1. The van der Waals surface area contributed by atoms with Crippen molar-refractivity contribution in [1.29, 1.82) is 0 Å². The number of halogens is 2. The Balaban J connectivity index is 2.01. The first-order valence-electron chi connectivity index (χ1n) is 7.50. The summed E-state index contributed by atoms with van der Waals surface area (Å²) in [5.74, 6) is -1.77. The molecule has 116 valence electrons. The van der Waals surface area contributed by atoms with E-state index in [0.717, 1.165) is 50.9 Å². The number of hydrogen-bond acceptors (Lipinski definition) is 2. The highest BCUT2D eigenvalue weighted by molar-refractivity contribution is 5.79. The lowest BCUT2D eigenvalue weighted by molar-refractivity contribution is -0.134. The van der Waals surface area contributed by atoms with Crippen LogP contribution in [0.15, 0.2) is 18.2 Å². The maximum Gasteiger partial charge on any atom is 0.227 e. The third-order valence-corrected chi connectivity index (χ3v) is 4.01. The van der Waals surface area contributed by atoms with Gasteiger partial charge < -0.3 is 10.2 Å².